The largest absolute Gasteiger partial charge is 0.335 e. The Morgan fingerprint density at radius 3 is 2.24 bits per heavy atom. The third-order valence-electron chi connectivity index (χ3n) is 4.12. The molecule has 1 amide bonds. The Hall–Kier alpha value is -1.42. The van der Waals surface area contributed by atoms with Crippen molar-refractivity contribution in [2.75, 3.05) is 0 Å². The van der Waals surface area contributed by atoms with E-state index in [4.69, 9.17) is 0 Å². The molecule has 0 atom stereocenters. The van der Waals surface area contributed by atoms with Crippen molar-refractivity contribution in [1.82, 2.24) is 15.2 Å². The molecular weight excluding hydrogens is 262 g/mol. The van der Waals surface area contributed by atoms with E-state index in [-0.39, 0.29) is 23.0 Å². The predicted molar refractivity (Wildman–Crippen MR) is 84.8 cm³/mol. The van der Waals surface area contributed by atoms with Crippen LogP contribution in [0.25, 0.3) is 0 Å². The van der Waals surface area contributed by atoms with Crippen LogP contribution in [0.5, 0.6) is 0 Å². The molecule has 0 unspecified atom stereocenters. The summed E-state index contributed by atoms with van der Waals surface area (Å²) < 4.78 is 0. The molecule has 116 valence electrons. The lowest BCUT2D eigenvalue weighted by Gasteiger charge is -2.49. The topological polar surface area (TPSA) is 45.2 Å². The molecule has 1 N–H and O–H groups in total. The van der Waals surface area contributed by atoms with Crippen LogP contribution in [-0.4, -0.2) is 32.9 Å². The first-order valence-corrected chi connectivity index (χ1v) is 7.64. The molecule has 0 radical (unpaired) electrons. The summed E-state index contributed by atoms with van der Waals surface area (Å²) >= 11 is 0. The molecule has 2 heterocycles. The van der Waals surface area contributed by atoms with E-state index in [1.54, 1.807) is 19.3 Å². The van der Waals surface area contributed by atoms with Crippen molar-refractivity contribution in [3.63, 3.8) is 0 Å². The summed E-state index contributed by atoms with van der Waals surface area (Å²) in [5, 5.41) is 3.67. The van der Waals surface area contributed by atoms with Gasteiger partial charge in [-0.3, -0.25) is 9.78 Å². The highest BCUT2D eigenvalue weighted by Crippen LogP contribution is 2.32. The number of amides is 1. The normalized spacial score (nSPS) is 21.0. The van der Waals surface area contributed by atoms with Crippen molar-refractivity contribution in [3.05, 3.63) is 30.1 Å². The summed E-state index contributed by atoms with van der Waals surface area (Å²) in [4.78, 5) is 18.2. The van der Waals surface area contributed by atoms with Crippen LogP contribution in [0, 0.1) is 0 Å². The van der Waals surface area contributed by atoms with Gasteiger partial charge in [0.15, 0.2) is 0 Å². The molecular formula is C17H27N3O. The Kier molecular flexibility index (Phi) is 4.38. The number of rotatable bonds is 3. The number of aromatic nitrogens is 1. The summed E-state index contributed by atoms with van der Waals surface area (Å²) in [5.41, 5.74) is 1.21. The molecule has 1 aromatic heterocycles. The zero-order chi connectivity index (χ0) is 15.7. The summed E-state index contributed by atoms with van der Waals surface area (Å²) in [7, 11) is 0. The molecule has 1 aliphatic rings. The lowest BCUT2D eigenvalue weighted by molar-refractivity contribution is -0.133. The molecule has 21 heavy (non-hydrogen) atoms. The minimum Gasteiger partial charge on any atom is -0.335 e. The van der Waals surface area contributed by atoms with E-state index in [9.17, 15) is 4.79 Å². The molecule has 0 bridgehead atoms. The quantitative estimate of drug-likeness (QED) is 0.930. The predicted octanol–water partition coefficient (Wildman–Crippen LogP) is 2.74. The van der Waals surface area contributed by atoms with Crippen molar-refractivity contribution in [1.29, 1.82) is 0 Å². The van der Waals surface area contributed by atoms with Crippen LogP contribution in [0.15, 0.2) is 24.5 Å². The summed E-state index contributed by atoms with van der Waals surface area (Å²) in [6, 6.07) is 4.22. The van der Waals surface area contributed by atoms with Crippen LogP contribution in [0.2, 0.25) is 0 Å². The molecule has 0 spiro atoms. The fraction of sp³-hybridized carbons (Fsp3) is 0.647. The maximum atomic E-state index is 12.2. The Labute approximate surface area is 127 Å². The molecule has 0 aromatic carbocycles. The smallest absolute Gasteiger partial charge is 0.219 e. The number of hydrogen-bond donors (Lipinski definition) is 1. The van der Waals surface area contributed by atoms with Crippen molar-refractivity contribution in [3.8, 4) is 0 Å². The second kappa shape index (κ2) is 5.76. The first kappa shape index (κ1) is 16.0. The van der Waals surface area contributed by atoms with E-state index in [1.165, 1.54) is 0 Å². The van der Waals surface area contributed by atoms with Gasteiger partial charge in [-0.15, -0.1) is 0 Å². The average molecular weight is 289 g/mol. The summed E-state index contributed by atoms with van der Waals surface area (Å²) in [5.74, 6) is 0.144. The molecule has 1 aromatic rings. The minimum absolute atomic E-state index is 0.0400. The van der Waals surface area contributed by atoms with Gasteiger partial charge < -0.3 is 10.2 Å². The van der Waals surface area contributed by atoms with E-state index >= 15 is 0 Å². The maximum Gasteiger partial charge on any atom is 0.219 e. The number of piperidine rings is 1. The van der Waals surface area contributed by atoms with Crippen LogP contribution in [0.4, 0.5) is 0 Å². The van der Waals surface area contributed by atoms with E-state index in [0.29, 0.717) is 6.54 Å². The first-order valence-electron chi connectivity index (χ1n) is 7.64. The molecule has 4 heteroatoms. The number of hydrogen-bond acceptors (Lipinski definition) is 3. The zero-order valence-corrected chi connectivity index (χ0v) is 13.8. The van der Waals surface area contributed by atoms with Crippen molar-refractivity contribution >= 4 is 5.91 Å². The van der Waals surface area contributed by atoms with Crippen LogP contribution in [0.1, 0.15) is 53.0 Å². The van der Waals surface area contributed by atoms with Gasteiger partial charge in [0.25, 0.3) is 0 Å². The van der Waals surface area contributed by atoms with Gasteiger partial charge in [0.05, 0.1) is 0 Å². The SMILES string of the molecule is CC(=O)N(Cc1ccncc1)C1CC(C)(C)NC(C)(C)C1. The lowest BCUT2D eigenvalue weighted by Crippen LogP contribution is -2.62. The minimum atomic E-state index is 0.0400. The zero-order valence-electron chi connectivity index (χ0n) is 13.8. The van der Waals surface area contributed by atoms with Crippen LogP contribution in [-0.2, 0) is 11.3 Å². The van der Waals surface area contributed by atoms with Crippen LogP contribution >= 0.6 is 0 Å². The van der Waals surface area contributed by atoms with Gasteiger partial charge in [0.2, 0.25) is 5.91 Å². The average Bonchev–Trinajstić information content (AvgIpc) is 2.33. The van der Waals surface area contributed by atoms with Crippen molar-refractivity contribution in [2.45, 2.75) is 71.1 Å². The molecule has 0 aliphatic carbocycles. The number of nitrogens with one attached hydrogen (secondary N) is 1. The van der Waals surface area contributed by atoms with Crippen LogP contribution < -0.4 is 5.32 Å². The van der Waals surface area contributed by atoms with Crippen molar-refractivity contribution in [2.24, 2.45) is 0 Å². The van der Waals surface area contributed by atoms with E-state index in [0.717, 1.165) is 18.4 Å². The Balaban J connectivity index is 2.20. The number of nitrogens with zero attached hydrogens (tertiary/aromatic N) is 2. The van der Waals surface area contributed by atoms with E-state index in [2.05, 4.69) is 38.0 Å². The highest BCUT2D eigenvalue weighted by molar-refractivity contribution is 5.73. The van der Waals surface area contributed by atoms with Gasteiger partial charge in [0.1, 0.15) is 0 Å². The summed E-state index contributed by atoms with van der Waals surface area (Å²) in [6.07, 6.45) is 5.51. The molecule has 1 fully saturated rings. The third kappa shape index (κ3) is 4.27. The third-order valence-corrected chi connectivity index (χ3v) is 4.12. The number of pyridine rings is 1. The monoisotopic (exact) mass is 289 g/mol. The standard InChI is InChI=1S/C17H27N3O/c1-13(21)20(12-14-6-8-18-9-7-14)15-10-16(2,3)19-17(4,5)11-15/h6-9,15,19H,10-12H2,1-5H3. The Morgan fingerprint density at radius 2 is 1.76 bits per heavy atom. The van der Waals surface area contributed by atoms with Gasteiger partial charge in [-0.25, -0.2) is 0 Å². The Morgan fingerprint density at radius 1 is 1.24 bits per heavy atom. The lowest BCUT2D eigenvalue weighted by atomic mass is 9.79. The second-order valence-corrected chi connectivity index (χ2v) is 7.46. The maximum absolute atomic E-state index is 12.2. The fourth-order valence-electron chi connectivity index (χ4n) is 3.67. The second-order valence-electron chi connectivity index (χ2n) is 7.46. The van der Waals surface area contributed by atoms with Crippen molar-refractivity contribution < 1.29 is 4.79 Å². The molecule has 4 nitrogen and oxygen atoms in total. The van der Waals surface area contributed by atoms with E-state index < -0.39 is 0 Å². The number of carbonyl (C=O) groups excluding carboxylic acids is 1. The van der Waals surface area contributed by atoms with Gasteiger partial charge >= 0.3 is 0 Å². The Bertz CT molecular complexity index is 480. The molecule has 2 rings (SSSR count). The number of carbonyl (C=O) groups is 1. The van der Waals surface area contributed by atoms with Gasteiger partial charge in [-0.2, -0.15) is 0 Å². The van der Waals surface area contributed by atoms with Gasteiger partial charge in [-0.1, -0.05) is 0 Å². The first-order chi connectivity index (χ1) is 9.69. The van der Waals surface area contributed by atoms with E-state index in [1.807, 2.05) is 17.0 Å². The molecule has 1 aliphatic heterocycles. The highest BCUT2D eigenvalue weighted by atomic mass is 16.2. The van der Waals surface area contributed by atoms with Gasteiger partial charge in [-0.05, 0) is 58.2 Å². The van der Waals surface area contributed by atoms with Gasteiger partial charge in [0, 0.05) is 43.0 Å². The fourth-order valence-corrected chi connectivity index (χ4v) is 3.67. The molecule has 1 saturated heterocycles. The molecule has 0 saturated carbocycles. The highest BCUT2D eigenvalue weighted by Gasteiger charge is 2.40. The van der Waals surface area contributed by atoms with Crippen LogP contribution in [0.3, 0.4) is 0 Å². The summed E-state index contributed by atoms with van der Waals surface area (Å²) in [6.45, 7) is 11.2.